The van der Waals surface area contributed by atoms with E-state index in [-0.39, 0.29) is 0 Å². The van der Waals surface area contributed by atoms with Crippen molar-refractivity contribution in [1.82, 2.24) is 4.90 Å². The van der Waals surface area contributed by atoms with Crippen LogP contribution in [0, 0.1) is 5.92 Å². The Kier molecular flexibility index (Phi) is 3.28. The van der Waals surface area contributed by atoms with E-state index in [9.17, 15) is 9.59 Å². The number of hydrogen-bond acceptors (Lipinski definition) is 2. The molecule has 4 nitrogen and oxygen atoms in total. The molecule has 74 valence electrons. The fourth-order valence-corrected chi connectivity index (χ4v) is 1.85. The molecule has 13 heavy (non-hydrogen) atoms. The summed E-state index contributed by atoms with van der Waals surface area (Å²) >= 11 is 0. The molecule has 0 bridgehead atoms. The summed E-state index contributed by atoms with van der Waals surface area (Å²) in [6.45, 7) is 0.668. The highest BCUT2D eigenvalue weighted by Crippen LogP contribution is 2.24. The van der Waals surface area contributed by atoms with E-state index < -0.39 is 11.8 Å². The molecule has 0 aromatic carbocycles. The number of rotatable bonds is 2. The largest absolute Gasteiger partial charge is 0.361 e. The zero-order valence-electron chi connectivity index (χ0n) is 7.95. The number of likely N-dealkylation sites (N-methyl/N-ethyl adjacent to an activating group) is 1. The Morgan fingerprint density at radius 2 is 1.92 bits per heavy atom. The topological polar surface area (TPSA) is 63.4 Å². The van der Waals surface area contributed by atoms with E-state index in [0.29, 0.717) is 12.5 Å². The van der Waals surface area contributed by atoms with E-state index >= 15 is 0 Å². The number of nitrogens with two attached hydrogens (primary N) is 1. The minimum Gasteiger partial charge on any atom is -0.361 e. The van der Waals surface area contributed by atoms with E-state index in [1.165, 1.54) is 17.7 Å². The summed E-state index contributed by atoms with van der Waals surface area (Å²) in [5.41, 5.74) is 4.88. The van der Waals surface area contributed by atoms with Crippen molar-refractivity contribution in [2.75, 3.05) is 13.6 Å². The van der Waals surface area contributed by atoms with Crippen LogP contribution in [-0.2, 0) is 9.59 Å². The van der Waals surface area contributed by atoms with Gasteiger partial charge in [-0.2, -0.15) is 0 Å². The standard InChI is InChI=1S/C9H16N2O2/c1-11(9(13)8(10)12)6-7-4-2-3-5-7/h7H,2-6H2,1H3,(H2,10,12). The Hall–Kier alpha value is -1.06. The van der Waals surface area contributed by atoms with Gasteiger partial charge in [-0.15, -0.1) is 0 Å². The second kappa shape index (κ2) is 4.25. The second-order valence-corrected chi connectivity index (χ2v) is 3.70. The summed E-state index contributed by atoms with van der Waals surface area (Å²) in [4.78, 5) is 23.1. The van der Waals surface area contributed by atoms with Gasteiger partial charge in [-0.3, -0.25) is 9.59 Å². The molecule has 2 amide bonds. The lowest BCUT2D eigenvalue weighted by atomic mass is 10.1. The van der Waals surface area contributed by atoms with Crippen LogP contribution in [0.15, 0.2) is 0 Å². The van der Waals surface area contributed by atoms with Crippen molar-refractivity contribution in [2.45, 2.75) is 25.7 Å². The first-order valence-corrected chi connectivity index (χ1v) is 4.66. The molecule has 0 saturated heterocycles. The smallest absolute Gasteiger partial charge is 0.311 e. The highest BCUT2D eigenvalue weighted by atomic mass is 16.2. The van der Waals surface area contributed by atoms with Gasteiger partial charge in [0.15, 0.2) is 0 Å². The van der Waals surface area contributed by atoms with Crippen molar-refractivity contribution in [3.63, 3.8) is 0 Å². The van der Waals surface area contributed by atoms with Gasteiger partial charge in [0.2, 0.25) is 0 Å². The molecule has 0 radical (unpaired) electrons. The van der Waals surface area contributed by atoms with Crippen LogP contribution in [0.2, 0.25) is 0 Å². The normalized spacial score (nSPS) is 17.3. The number of amides is 2. The average Bonchev–Trinajstić information content (AvgIpc) is 2.55. The number of carbonyl (C=O) groups is 2. The summed E-state index contributed by atoms with van der Waals surface area (Å²) in [5.74, 6) is -0.874. The Labute approximate surface area is 78.1 Å². The Morgan fingerprint density at radius 3 is 2.38 bits per heavy atom. The van der Waals surface area contributed by atoms with Gasteiger partial charge >= 0.3 is 11.8 Å². The summed E-state index contributed by atoms with van der Waals surface area (Å²) < 4.78 is 0. The summed E-state index contributed by atoms with van der Waals surface area (Å²) in [6.07, 6.45) is 4.80. The molecule has 2 N–H and O–H groups in total. The number of primary amides is 1. The number of nitrogens with zero attached hydrogens (tertiary/aromatic N) is 1. The van der Waals surface area contributed by atoms with Crippen LogP contribution >= 0.6 is 0 Å². The summed E-state index contributed by atoms with van der Waals surface area (Å²) in [5, 5.41) is 0. The minimum atomic E-state index is -0.861. The van der Waals surface area contributed by atoms with Gasteiger partial charge in [0.1, 0.15) is 0 Å². The molecular weight excluding hydrogens is 168 g/mol. The molecule has 0 unspecified atom stereocenters. The van der Waals surface area contributed by atoms with Gasteiger partial charge in [-0.05, 0) is 18.8 Å². The average molecular weight is 184 g/mol. The van der Waals surface area contributed by atoms with E-state index in [2.05, 4.69) is 0 Å². The zero-order valence-corrected chi connectivity index (χ0v) is 7.95. The molecule has 0 aromatic rings. The van der Waals surface area contributed by atoms with E-state index in [0.717, 1.165) is 12.8 Å². The molecule has 0 spiro atoms. The number of hydrogen-bond donors (Lipinski definition) is 1. The van der Waals surface area contributed by atoms with Gasteiger partial charge in [0.25, 0.3) is 0 Å². The molecule has 0 aromatic heterocycles. The van der Waals surface area contributed by atoms with Gasteiger partial charge < -0.3 is 10.6 Å². The van der Waals surface area contributed by atoms with Crippen molar-refractivity contribution in [1.29, 1.82) is 0 Å². The summed E-state index contributed by atoms with van der Waals surface area (Å²) in [6, 6.07) is 0. The molecule has 1 aliphatic rings. The molecule has 1 saturated carbocycles. The zero-order chi connectivity index (χ0) is 9.84. The van der Waals surface area contributed by atoms with Gasteiger partial charge in [0, 0.05) is 13.6 Å². The lowest BCUT2D eigenvalue weighted by Gasteiger charge is -2.19. The van der Waals surface area contributed by atoms with Crippen molar-refractivity contribution in [3.05, 3.63) is 0 Å². The predicted octanol–water partition coefficient (Wildman–Crippen LogP) is 0.120. The first-order valence-electron chi connectivity index (χ1n) is 4.66. The molecule has 0 aliphatic heterocycles. The van der Waals surface area contributed by atoms with Gasteiger partial charge in [0.05, 0.1) is 0 Å². The minimum absolute atomic E-state index is 0.563. The van der Waals surface area contributed by atoms with Crippen LogP contribution in [0.5, 0.6) is 0 Å². The second-order valence-electron chi connectivity index (χ2n) is 3.70. The van der Waals surface area contributed by atoms with Crippen LogP contribution in [0.25, 0.3) is 0 Å². The molecule has 1 aliphatic carbocycles. The van der Waals surface area contributed by atoms with Crippen LogP contribution in [0.3, 0.4) is 0 Å². The third kappa shape index (κ3) is 2.72. The number of carbonyl (C=O) groups excluding carboxylic acids is 2. The molecule has 1 rings (SSSR count). The van der Waals surface area contributed by atoms with Gasteiger partial charge in [-0.25, -0.2) is 0 Å². The maximum atomic E-state index is 11.1. The van der Waals surface area contributed by atoms with Crippen molar-refractivity contribution in [3.8, 4) is 0 Å². The quantitative estimate of drug-likeness (QED) is 0.619. The highest BCUT2D eigenvalue weighted by molar-refractivity contribution is 6.34. The molecule has 4 heteroatoms. The Bertz CT molecular complexity index is 210. The lowest BCUT2D eigenvalue weighted by Crippen LogP contribution is -2.39. The van der Waals surface area contributed by atoms with Crippen molar-refractivity contribution >= 4 is 11.8 Å². The van der Waals surface area contributed by atoms with E-state index in [1.54, 1.807) is 7.05 Å². The van der Waals surface area contributed by atoms with Crippen LogP contribution in [0.1, 0.15) is 25.7 Å². The molecule has 1 fully saturated rings. The molecule has 0 atom stereocenters. The Balaban J connectivity index is 2.35. The van der Waals surface area contributed by atoms with Crippen molar-refractivity contribution < 1.29 is 9.59 Å². The van der Waals surface area contributed by atoms with Crippen LogP contribution in [0.4, 0.5) is 0 Å². The van der Waals surface area contributed by atoms with Crippen LogP contribution < -0.4 is 5.73 Å². The highest BCUT2D eigenvalue weighted by Gasteiger charge is 2.21. The lowest BCUT2D eigenvalue weighted by molar-refractivity contribution is -0.143. The van der Waals surface area contributed by atoms with Crippen molar-refractivity contribution in [2.24, 2.45) is 11.7 Å². The van der Waals surface area contributed by atoms with E-state index in [1.807, 2.05) is 0 Å². The first-order chi connectivity index (χ1) is 6.11. The molecular formula is C9H16N2O2. The third-order valence-corrected chi connectivity index (χ3v) is 2.56. The van der Waals surface area contributed by atoms with E-state index in [4.69, 9.17) is 5.73 Å². The maximum absolute atomic E-state index is 11.1. The fourth-order valence-electron chi connectivity index (χ4n) is 1.85. The Morgan fingerprint density at radius 1 is 1.38 bits per heavy atom. The van der Waals surface area contributed by atoms with Crippen LogP contribution in [-0.4, -0.2) is 30.3 Å². The first kappa shape index (κ1) is 10.0. The predicted molar refractivity (Wildman–Crippen MR) is 48.8 cm³/mol. The van der Waals surface area contributed by atoms with Gasteiger partial charge in [-0.1, -0.05) is 12.8 Å². The monoisotopic (exact) mass is 184 g/mol. The third-order valence-electron chi connectivity index (χ3n) is 2.56. The molecule has 0 heterocycles. The summed E-state index contributed by atoms with van der Waals surface area (Å²) in [7, 11) is 1.63. The fraction of sp³-hybridized carbons (Fsp3) is 0.778. The maximum Gasteiger partial charge on any atom is 0.311 e. The SMILES string of the molecule is CN(CC1CCCC1)C(=O)C(N)=O.